The van der Waals surface area contributed by atoms with Crippen molar-refractivity contribution in [2.75, 3.05) is 19.8 Å². The third-order valence-electron chi connectivity index (χ3n) is 4.20. The Kier molecular flexibility index (Phi) is 8.91. The molecule has 0 radical (unpaired) electrons. The SMILES string of the molecule is CCCCC[C@@H](C)CNC(=S)NNC(=O)/C=C/c1ccc2c(c1)OCCO2. The zero-order valence-corrected chi connectivity index (χ0v) is 16.9. The number of hydrogen-bond acceptors (Lipinski definition) is 4. The van der Waals surface area contributed by atoms with E-state index in [-0.39, 0.29) is 5.91 Å². The van der Waals surface area contributed by atoms with E-state index in [9.17, 15) is 4.79 Å². The van der Waals surface area contributed by atoms with Gasteiger partial charge in [-0.25, -0.2) is 0 Å². The molecule has 2 rings (SSSR count). The monoisotopic (exact) mass is 391 g/mol. The number of ether oxygens (including phenoxy) is 2. The van der Waals surface area contributed by atoms with Crippen LogP contribution in [0.25, 0.3) is 6.08 Å². The number of hydrazine groups is 1. The lowest BCUT2D eigenvalue weighted by Crippen LogP contribution is -2.47. The van der Waals surface area contributed by atoms with Crippen LogP contribution in [0.15, 0.2) is 24.3 Å². The van der Waals surface area contributed by atoms with Gasteiger partial charge in [0.25, 0.3) is 5.91 Å². The predicted octanol–water partition coefficient (Wildman–Crippen LogP) is 3.18. The first-order valence-electron chi connectivity index (χ1n) is 9.50. The lowest BCUT2D eigenvalue weighted by atomic mass is 10.0. The van der Waals surface area contributed by atoms with Gasteiger partial charge in [-0.1, -0.05) is 39.2 Å². The first kappa shape index (κ1) is 21.0. The topological polar surface area (TPSA) is 71.6 Å². The number of hydrogen-bond donors (Lipinski definition) is 3. The smallest absolute Gasteiger partial charge is 0.262 e. The molecule has 3 N–H and O–H groups in total. The first-order chi connectivity index (χ1) is 13.1. The van der Waals surface area contributed by atoms with Crippen molar-refractivity contribution in [1.82, 2.24) is 16.2 Å². The predicted molar refractivity (Wildman–Crippen MR) is 112 cm³/mol. The molecule has 0 aliphatic carbocycles. The molecule has 0 unspecified atom stereocenters. The summed E-state index contributed by atoms with van der Waals surface area (Å²) < 4.78 is 11.0. The third kappa shape index (κ3) is 7.86. The summed E-state index contributed by atoms with van der Waals surface area (Å²) in [6, 6.07) is 5.56. The van der Waals surface area contributed by atoms with Crippen LogP contribution in [0.4, 0.5) is 0 Å². The van der Waals surface area contributed by atoms with E-state index in [0.29, 0.717) is 30.0 Å². The van der Waals surface area contributed by atoms with Crippen LogP contribution in [-0.4, -0.2) is 30.8 Å². The van der Waals surface area contributed by atoms with Crippen LogP contribution < -0.4 is 25.6 Å². The minimum atomic E-state index is -0.287. The summed E-state index contributed by atoms with van der Waals surface area (Å²) in [4.78, 5) is 11.9. The summed E-state index contributed by atoms with van der Waals surface area (Å²) in [6.45, 7) is 6.28. The van der Waals surface area contributed by atoms with Crippen LogP contribution in [0, 0.1) is 5.92 Å². The molecule has 1 aromatic carbocycles. The van der Waals surface area contributed by atoms with Crippen molar-refractivity contribution in [2.45, 2.75) is 39.5 Å². The molecule has 1 heterocycles. The zero-order valence-electron chi connectivity index (χ0n) is 16.0. The molecule has 0 aromatic heterocycles. The molecule has 1 atom stereocenters. The summed E-state index contributed by atoms with van der Waals surface area (Å²) in [5.74, 6) is 1.68. The van der Waals surface area contributed by atoms with Crippen LogP contribution >= 0.6 is 12.2 Å². The van der Waals surface area contributed by atoms with Crippen molar-refractivity contribution in [1.29, 1.82) is 0 Å². The average Bonchev–Trinajstić information content (AvgIpc) is 2.69. The standard InChI is InChI=1S/C20H29N3O3S/c1-3-4-5-6-15(2)14-21-20(27)23-22-19(24)10-8-16-7-9-17-18(13-16)26-12-11-25-17/h7-10,13,15H,3-6,11-12,14H2,1-2H3,(H,22,24)(H2,21,23,27)/b10-8+/t15-/m1/s1. The molecule has 1 aromatic rings. The fourth-order valence-electron chi connectivity index (χ4n) is 2.65. The number of carbonyl (C=O) groups excluding carboxylic acids is 1. The molecule has 7 heteroatoms. The average molecular weight is 392 g/mol. The molecule has 6 nitrogen and oxygen atoms in total. The van der Waals surface area contributed by atoms with Crippen molar-refractivity contribution in [3.05, 3.63) is 29.8 Å². The Hall–Kier alpha value is -2.28. The molecule has 27 heavy (non-hydrogen) atoms. The maximum atomic E-state index is 11.9. The van der Waals surface area contributed by atoms with E-state index < -0.39 is 0 Å². The van der Waals surface area contributed by atoms with E-state index in [2.05, 4.69) is 30.0 Å². The highest BCUT2D eigenvalue weighted by Crippen LogP contribution is 2.31. The molecule has 1 aliphatic rings. The van der Waals surface area contributed by atoms with E-state index >= 15 is 0 Å². The van der Waals surface area contributed by atoms with E-state index in [4.69, 9.17) is 21.7 Å². The summed E-state index contributed by atoms with van der Waals surface area (Å²) in [6.07, 6.45) is 8.05. The van der Waals surface area contributed by atoms with Gasteiger partial charge in [0, 0.05) is 12.6 Å². The number of carbonyl (C=O) groups is 1. The zero-order chi connectivity index (χ0) is 19.5. The van der Waals surface area contributed by atoms with Gasteiger partial charge >= 0.3 is 0 Å². The summed E-state index contributed by atoms with van der Waals surface area (Å²) >= 11 is 5.18. The molecule has 0 spiro atoms. The van der Waals surface area contributed by atoms with Gasteiger partial charge in [-0.2, -0.15) is 0 Å². The van der Waals surface area contributed by atoms with Crippen LogP contribution in [0.3, 0.4) is 0 Å². The largest absolute Gasteiger partial charge is 0.486 e. The lowest BCUT2D eigenvalue weighted by molar-refractivity contribution is -0.116. The van der Waals surface area contributed by atoms with Crippen LogP contribution in [0.5, 0.6) is 11.5 Å². The summed E-state index contributed by atoms with van der Waals surface area (Å²) in [5.41, 5.74) is 6.13. The van der Waals surface area contributed by atoms with Gasteiger partial charge in [-0.15, -0.1) is 0 Å². The van der Waals surface area contributed by atoms with Gasteiger partial charge in [0.05, 0.1) is 0 Å². The molecule has 148 valence electrons. The normalized spacial score (nSPS) is 13.9. The number of amides is 1. The highest BCUT2D eigenvalue weighted by Gasteiger charge is 2.10. The van der Waals surface area contributed by atoms with Crippen molar-refractivity contribution in [3.8, 4) is 11.5 Å². The van der Waals surface area contributed by atoms with Crippen LogP contribution in [0.2, 0.25) is 0 Å². The van der Waals surface area contributed by atoms with Crippen LogP contribution in [-0.2, 0) is 4.79 Å². The number of rotatable bonds is 8. The molecular weight excluding hydrogens is 362 g/mol. The van der Waals surface area contributed by atoms with Crippen molar-refractivity contribution >= 4 is 29.3 Å². The molecule has 1 amide bonds. The maximum Gasteiger partial charge on any atom is 0.262 e. The maximum absolute atomic E-state index is 11.9. The van der Waals surface area contributed by atoms with Gasteiger partial charge in [-0.3, -0.25) is 15.6 Å². The quantitative estimate of drug-likeness (QED) is 0.274. The highest BCUT2D eigenvalue weighted by molar-refractivity contribution is 7.80. The van der Waals surface area contributed by atoms with Gasteiger partial charge < -0.3 is 14.8 Å². The van der Waals surface area contributed by atoms with Gasteiger partial charge in [0.2, 0.25) is 0 Å². The molecule has 0 fully saturated rings. The van der Waals surface area contributed by atoms with E-state index in [0.717, 1.165) is 17.9 Å². The second kappa shape index (κ2) is 11.4. The summed E-state index contributed by atoms with van der Waals surface area (Å²) in [7, 11) is 0. The highest BCUT2D eigenvalue weighted by atomic mass is 32.1. The lowest BCUT2D eigenvalue weighted by Gasteiger charge is -2.18. The Labute approximate surface area is 166 Å². The number of nitrogens with one attached hydrogen (secondary N) is 3. The molecule has 1 aliphatic heterocycles. The van der Waals surface area contributed by atoms with Gasteiger partial charge in [0.15, 0.2) is 16.6 Å². The Morgan fingerprint density at radius 3 is 2.78 bits per heavy atom. The van der Waals surface area contributed by atoms with Crippen LogP contribution in [0.1, 0.15) is 45.1 Å². The third-order valence-corrected chi connectivity index (χ3v) is 4.45. The van der Waals surface area contributed by atoms with Crippen molar-refractivity contribution < 1.29 is 14.3 Å². The Morgan fingerprint density at radius 1 is 1.22 bits per heavy atom. The van der Waals surface area contributed by atoms with Crippen molar-refractivity contribution in [3.63, 3.8) is 0 Å². The van der Waals surface area contributed by atoms with E-state index in [1.165, 1.54) is 31.8 Å². The molecule has 0 bridgehead atoms. The van der Waals surface area contributed by atoms with E-state index in [1.54, 1.807) is 6.08 Å². The number of fused-ring (bicyclic) bond motifs is 1. The van der Waals surface area contributed by atoms with E-state index in [1.807, 2.05) is 18.2 Å². The first-order valence-corrected chi connectivity index (χ1v) is 9.91. The second-order valence-electron chi connectivity index (χ2n) is 6.66. The minimum absolute atomic E-state index is 0.287. The number of thiocarbonyl (C=S) groups is 1. The molecule has 0 saturated heterocycles. The summed E-state index contributed by atoms with van der Waals surface area (Å²) in [5, 5.41) is 3.54. The molecule has 0 saturated carbocycles. The Balaban J connectivity index is 1.68. The second-order valence-corrected chi connectivity index (χ2v) is 7.07. The number of unbranched alkanes of at least 4 members (excludes halogenated alkanes) is 2. The van der Waals surface area contributed by atoms with Gasteiger partial charge in [0.1, 0.15) is 13.2 Å². The molecular formula is C20H29N3O3S. The fourth-order valence-corrected chi connectivity index (χ4v) is 2.79. The minimum Gasteiger partial charge on any atom is -0.486 e. The Morgan fingerprint density at radius 2 is 2.00 bits per heavy atom. The van der Waals surface area contributed by atoms with Gasteiger partial charge in [-0.05, 0) is 48.3 Å². The number of benzene rings is 1. The van der Waals surface area contributed by atoms with Crippen molar-refractivity contribution in [2.24, 2.45) is 5.92 Å². The fraction of sp³-hybridized carbons (Fsp3) is 0.500. The Bertz CT molecular complexity index is 664.